The molecule has 1 heterocycles. The Hall–Kier alpha value is -2.10. The quantitative estimate of drug-likeness (QED) is 0.400. The lowest BCUT2D eigenvalue weighted by molar-refractivity contribution is -0.125. The Morgan fingerprint density at radius 3 is 2.70 bits per heavy atom. The first-order valence-electron chi connectivity index (χ1n) is 8.01. The number of cyclic esters (lactones) is 1. The van der Waals surface area contributed by atoms with Gasteiger partial charge in [0.15, 0.2) is 0 Å². The number of amides is 2. The van der Waals surface area contributed by atoms with Gasteiger partial charge in [-0.2, -0.15) is 0 Å². The van der Waals surface area contributed by atoms with Gasteiger partial charge in [0.2, 0.25) is 0 Å². The zero-order valence-electron chi connectivity index (χ0n) is 14.5. The van der Waals surface area contributed by atoms with Gasteiger partial charge in [0.1, 0.15) is 6.61 Å². The van der Waals surface area contributed by atoms with Crippen molar-refractivity contribution >= 4 is 12.0 Å². The molecule has 1 saturated heterocycles. The number of allylic oxidation sites excluding steroid dienone is 6. The van der Waals surface area contributed by atoms with Crippen molar-refractivity contribution in [3.05, 3.63) is 48.6 Å². The van der Waals surface area contributed by atoms with E-state index < -0.39 is 6.09 Å². The summed E-state index contributed by atoms with van der Waals surface area (Å²) in [5.41, 5.74) is 0.557. The second-order valence-electron chi connectivity index (χ2n) is 6.11. The molecule has 4 nitrogen and oxygen atoms in total. The molecule has 0 radical (unpaired) electrons. The van der Waals surface area contributed by atoms with Crippen LogP contribution in [0.2, 0.25) is 0 Å². The largest absolute Gasteiger partial charge is 0.447 e. The molecule has 0 saturated carbocycles. The summed E-state index contributed by atoms with van der Waals surface area (Å²) in [4.78, 5) is 25.6. The van der Waals surface area contributed by atoms with Gasteiger partial charge >= 0.3 is 6.09 Å². The summed E-state index contributed by atoms with van der Waals surface area (Å²) in [7, 11) is 0. The number of ether oxygens (including phenoxy) is 1. The molecule has 1 fully saturated rings. The number of hydrogen-bond acceptors (Lipinski definition) is 3. The molecule has 0 N–H and O–H groups in total. The normalized spacial score (nSPS) is 20.6. The number of nitrogens with zero attached hydrogens (tertiary/aromatic N) is 1. The summed E-state index contributed by atoms with van der Waals surface area (Å²) < 4.78 is 5.03. The van der Waals surface area contributed by atoms with Gasteiger partial charge < -0.3 is 4.74 Å². The number of carbonyl (C=O) groups excluding carboxylic acids is 2. The fraction of sp³-hybridized carbons (Fsp3) is 0.474. The Morgan fingerprint density at radius 1 is 1.39 bits per heavy atom. The van der Waals surface area contributed by atoms with Crippen molar-refractivity contribution in [2.75, 3.05) is 6.61 Å². The van der Waals surface area contributed by atoms with E-state index in [9.17, 15) is 9.59 Å². The molecular formula is C19H27NO3. The fourth-order valence-corrected chi connectivity index (χ4v) is 2.36. The predicted octanol–water partition coefficient (Wildman–Crippen LogP) is 4.26. The maximum absolute atomic E-state index is 12.5. The highest BCUT2D eigenvalue weighted by atomic mass is 16.6. The maximum Gasteiger partial charge on any atom is 0.417 e. The van der Waals surface area contributed by atoms with E-state index >= 15 is 0 Å². The fourth-order valence-electron chi connectivity index (χ4n) is 2.36. The van der Waals surface area contributed by atoms with Crippen LogP contribution < -0.4 is 0 Å². The molecule has 0 bridgehead atoms. The Morgan fingerprint density at radius 2 is 2.09 bits per heavy atom. The standard InChI is InChI=1S/C19H27NO3/c1-6-7-8-9-10-11-15(4)12-16(5)18(21)20-17(14(2)3)13-23-19(20)22/h6,8-12,14-15,17H,1,7,13H2,2-5H3/b9-8+,11-10+,16-12+/t15-,17-/m0/s1. The number of rotatable bonds is 7. The zero-order chi connectivity index (χ0) is 17.4. The SMILES string of the molecule is C=CC/C=C/C=C/[C@H](C)/C=C(\C)C(=O)N1C(=O)OC[C@H]1C(C)C. The van der Waals surface area contributed by atoms with Crippen molar-refractivity contribution in [1.29, 1.82) is 0 Å². The van der Waals surface area contributed by atoms with Crippen molar-refractivity contribution in [3.8, 4) is 0 Å². The van der Waals surface area contributed by atoms with Crippen LogP contribution in [-0.2, 0) is 9.53 Å². The van der Waals surface area contributed by atoms with Gasteiger partial charge in [0.05, 0.1) is 6.04 Å². The van der Waals surface area contributed by atoms with Gasteiger partial charge in [-0.15, -0.1) is 6.58 Å². The molecule has 126 valence electrons. The van der Waals surface area contributed by atoms with Crippen LogP contribution >= 0.6 is 0 Å². The van der Waals surface area contributed by atoms with E-state index in [1.165, 1.54) is 4.90 Å². The van der Waals surface area contributed by atoms with Gasteiger partial charge in [0.25, 0.3) is 5.91 Å². The highest BCUT2D eigenvalue weighted by Gasteiger charge is 2.39. The van der Waals surface area contributed by atoms with E-state index in [0.717, 1.165) is 6.42 Å². The third kappa shape index (κ3) is 5.55. The molecule has 0 aliphatic carbocycles. The summed E-state index contributed by atoms with van der Waals surface area (Å²) >= 11 is 0. The van der Waals surface area contributed by atoms with E-state index in [0.29, 0.717) is 5.57 Å². The minimum atomic E-state index is -0.544. The first-order chi connectivity index (χ1) is 10.9. The van der Waals surface area contributed by atoms with Crippen molar-refractivity contribution in [3.63, 3.8) is 0 Å². The van der Waals surface area contributed by atoms with Gasteiger partial charge in [-0.3, -0.25) is 4.79 Å². The molecule has 2 amide bonds. The van der Waals surface area contributed by atoms with E-state index in [-0.39, 0.29) is 30.4 Å². The average molecular weight is 317 g/mol. The Balaban J connectivity index is 2.74. The Kier molecular flexibility index (Phi) is 7.52. The first-order valence-corrected chi connectivity index (χ1v) is 8.01. The molecule has 1 rings (SSSR count). The van der Waals surface area contributed by atoms with E-state index in [1.807, 2.05) is 57.2 Å². The van der Waals surface area contributed by atoms with Crippen LogP contribution in [0.1, 0.15) is 34.1 Å². The molecule has 0 unspecified atom stereocenters. The summed E-state index contributed by atoms with van der Waals surface area (Å²) in [5, 5.41) is 0. The second kappa shape index (κ2) is 9.13. The molecule has 0 aromatic rings. The predicted molar refractivity (Wildman–Crippen MR) is 92.8 cm³/mol. The van der Waals surface area contributed by atoms with Gasteiger partial charge in [0, 0.05) is 5.57 Å². The smallest absolute Gasteiger partial charge is 0.417 e. The van der Waals surface area contributed by atoms with Crippen molar-refractivity contribution in [2.45, 2.75) is 40.2 Å². The molecule has 2 atom stereocenters. The molecular weight excluding hydrogens is 290 g/mol. The Labute approximate surface area is 139 Å². The van der Waals surface area contributed by atoms with E-state index in [4.69, 9.17) is 4.74 Å². The minimum absolute atomic E-state index is 0.100. The lowest BCUT2D eigenvalue weighted by Crippen LogP contribution is -2.42. The summed E-state index contributed by atoms with van der Waals surface area (Å²) in [6.07, 6.45) is 11.9. The summed E-state index contributed by atoms with van der Waals surface area (Å²) in [5.74, 6) is 0.00243. The lowest BCUT2D eigenvalue weighted by Gasteiger charge is -2.22. The average Bonchev–Trinajstić information content (AvgIpc) is 2.88. The second-order valence-corrected chi connectivity index (χ2v) is 6.11. The minimum Gasteiger partial charge on any atom is -0.447 e. The lowest BCUT2D eigenvalue weighted by atomic mass is 10.0. The number of hydrogen-bond donors (Lipinski definition) is 0. The van der Waals surface area contributed by atoms with E-state index in [2.05, 4.69) is 6.58 Å². The van der Waals surface area contributed by atoms with Crippen molar-refractivity contribution in [1.82, 2.24) is 4.90 Å². The zero-order valence-corrected chi connectivity index (χ0v) is 14.5. The van der Waals surface area contributed by atoms with Crippen LogP contribution in [0.5, 0.6) is 0 Å². The van der Waals surface area contributed by atoms with Gasteiger partial charge in [-0.05, 0) is 25.2 Å². The topological polar surface area (TPSA) is 46.6 Å². The number of imide groups is 1. The molecule has 1 aliphatic heterocycles. The molecule has 0 aromatic carbocycles. The van der Waals surface area contributed by atoms with Crippen LogP contribution in [0.25, 0.3) is 0 Å². The van der Waals surface area contributed by atoms with Crippen LogP contribution in [-0.4, -0.2) is 29.5 Å². The molecule has 0 aromatic heterocycles. The first kappa shape index (κ1) is 18.9. The highest BCUT2D eigenvalue weighted by molar-refractivity contribution is 6.03. The van der Waals surface area contributed by atoms with Crippen molar-refractivity contribution < 1.29 is 14.3 Å². The molecule has 23 heavy (non-hydrogen) atoms. The molecule has 4 heteroatoms. The Bertz CT molecular complexity index is 529. The monoisotopic (exact) mass is 317 g/mol. The molecule has 0 spiro atoms. The van der Waals surface area contributed by atoms with E-state index in [1.54, 1.807) is 6.92 Å². The van der Waals surface area contributed by atoms with Crippen molar-refractivity contribution in [2.24, 2.45) is 11.8 Å². The highest BCUT2D eigenvalue weighted by Crippen LogP contribution is 2.22. The third-order valence-corrected chi connectivity index (χ3v) is 3.71. The van der Waals surface area contributed by atoms with Crippen LogP contribution in [0, 0.1) is 11.8 Å². The third-order valence-electron chi connectivity index (χ3n) is 3.71. The summed E-state index contributed by atoms with van der Waals surface area (Å²) in [6, 6.07) is -0.189. The molecule has 1 aliphatic rings. The van der Waals surface area contributed by atoms with Crippen LogP contribution in [0.4, 0.5) is 4.79 Å². The van der Waals surface area contributed by atoms with Gasteiger partial charge in [-0.25, -0.2) is 9.69 Å². The maximum atomic E-state index is 12.5. The summed E-state index contributed by atoms with van der Waals surface area (Å²) in [6.45, 7) is 11.6. The van der Waals surface area contributed by atoms with Crippen LogP contribution in [0.15, 0.2) is 48.6 Å². The number of carbonyl (C=O) groups is 2. The van der Waals surface area contributed by atoms with Crippen LogP contribution in [0.3, 0.4) is 0 Å². The van der Waals surface area contributed by atoms with Gasteiger partial charge in [-0.1, -0.05) is 57.2 Å².